The topological polar surface area (TPSA) is 85.3 Å². The van der Waals surface area contributed by atoms with Crippen LogP contribution in [0.1, 0.15) is 0 Å². The Labute approximate surface area is 75.1 Å². The normalized spacial score (nSPS) is 9.69. The average Bonchev–Trinajstić information content (AvgIpc) is 2.04. The van der Waals surface area contributed by atoms with Crippen molar-refractivity contribution >= 4 is 17.3 Å². The lowest BCUT2D eigenvalue weighted by Crippen LogP contribution is -2.11. The molecule has 0 aliphatic rings. The second-order valence-electron chi connectivity index (χ2n) is 2.73. The fourth-order valence-electron chi connectivity index (χ4n) is 0.844. The third-order valence-corrected chi connectivity index (χ3v) is 1.52. The van der Waals surface area contributed by atoms with Crippen LogP contribution < -0.4 is 10.6 Å². The zero-order chi connectivity index (χ0) is 10.0. The minimum Gasteiger partial charge on any atom is -0.392 e. The third-order valence-electron chi connectivity index (χ3n) is 1.52. The van der Waals surface area contributed by atoms with Gasteiger partial charge in [-0.05, 0) is 16.0 Å². The van der Waals surface area contributed by atoms with Gasteiger partial charge in [-0.25, -0.2) is 0 Å². The van der Waals surface area contributed by atoms with Crippen molar-refractivity contribution in [3.8, 4) is 0 Å². The lowest BCUT2D eigenvalue weighted by Gasteiger charge is -2.06. The van der Waals surface area contributed by atoms with Gasteiger partial charge in [0.25, 0.3) is 0 Å². The molecule has 2 N–H and O–H groups in total. The number of rotatable bonds is 2. The van der Waals surface area contributed by atoms with E-state index in [2.05, 4.69) is 4.98 Å². The van der Waals surface area contributed by atoms with E-state index in [0.29, 0.717) is 5.82 Å². The summed E-state index contributed by atoms with van der Waals surface area (Å²) in [7, 11) is 3.50. The standard InChI is InChI=1S/C7H10N4O2/c1-10(2)6-4-3-5(8)7(9-6)11(12)13/h3-4H,8H2,1-2H3. The van der Waals surface area contributed by atoms with Gasteiger partial charge in [-0.15, -0.1) is 0 Å². The Hall–Kier alpha value is -1.85. The minimum atomic E-state index is -0.595. The van der Waals surface area contributed by atoms with E-state index in [9.17, 15) is 10.1 Å². The molecule has 0 saturated heterocycles. The maximum absolute atomic E-state index is 10.4. The molecule has 0 amide bonds. The maximum atomic E-state index is 10.4. The first-order chi connectivity index (χ1) is 6.02. The van der Waals surface area contributed by atoms with Crippen molar-refractivity contribution in [1.82, 2.24) is 4.98 Å². The van der Waals surface area contributed by atoms with Gasteiger partial charge >= 0.3 is 5.82 Å². The summed E-state index contributed by atoms with van der Waals surface area (Å²) in [6, 6.07) is 3.10. The molecule has 6 nitrogen and oxygen atoms in total. The number of pyridine rings is 1. The van der Waals surface area contributed by atoms with Crippen LogP contribution in [0.3, 0.4) is 0 Å². The summed E-state index contributed by atoms with van der Waals surface area (Å²) in [4.78, 5) is 15.3. The first kappa shape index (κ1) is 9.24. The second-order valence-corrected chi connectivity index (χ2v) is 2.73. The maximum Gasteiger partial charge on any atom is 0.388 e. The molecule has 1 rings (SSSR count). The van der Waals surface area contributed by atoms with E-state index in [0.717, 1.165) is 0 Å². The number of nitrogen functional groups attached to an aromatic ring is 1. The Balaban J connectivity index is 3.19. The molecule has 0 atom stereocenters. The van der Waals surface area contributed by atoms with E-state index in [1.165, 1.54) is 6.07 Å². The first-order valence-electron chi connectivity index (χ1n) is 3.60. The Morgan fingerprint density at radius 3 is 2.62 bits per heavy atom. The van der Waals surface area contributed by atoms with E-state index in [-0.39, 0.29) is 11.5 Å². The van der Waals surface area contributed by atoms with E-state index in [1.807, 2.05) is 0 Å². The van der Waals surface area contributed by atoms with E-state index < -0.39 is 4.92 Å². The minimum absolute atomic E-state index is 0.0793. The molecule has 6 heteroatoms. The highest BCUT2D eigenvalue weighted by atomic mass is 16.6. The van der Waals surface area contributed by atoms with Crippen molar-refractivity contribution in [3.05, 3.63) is 22.2 Å². The van der Waals surface area contributed by atoms with Gasteiger partial charge in [0.1, 0.15) is 5.69 Å². The number of nitrogens with two attached hydrogens (primary N) is 1. The molecule has 0 bridgehead atoms. The second kappa shape index (κ2) is 3.26. The van der Waals surface area contributed by atoms with Crippen molar-refractivity contribution in [2.75, 3.05) is 24.7 Å². The highest BCUT2D eigenvalue weighted by molar-refractivity contribution is 5.57. The van der Waals surface area contributed by atoms with E-state index in [1.54, 1.807) is 25.1 Å². The average molecular weight is 182 g/mol. The highest BCUT2D eigenvalue weighted by Gasteiger charge is 2.15. The summed E-state index contributed by atoms with van der Waals surface area (Å²) in [5.41, 5.74) is 5.45. The third kappa shape index (κ3) is 1.84. The van der Waals surface area contributed by atoms with Crippen LogP contribution in [0.15, 0.2) is 12.1 Å². The number of anilines is 2. The number of hydrogen-bond acceptors (Lipinski definition) is 5. The first-order valence-corrected chi connectivity index (χ1v) is 3.60. The number of hydrogen-bond donors (Lipinski definition) is 1. The summed E-state index contributed by atoms with van der Waals surface area (Å²) >= 11 is 0. The van der Waals surface area contributed by atoms with Crippen LogP contribution in [0.2, 0.25) is 0 Å². The van der Waals surface area contributed by atoms with Gasteiger partial charge in [0.2, 0.25) is 5.82 Å². The van der Waals surface area contributed by atoms with Crippen LogP contribution >= 0.6 is 0 Å². The Kier molecular flexibility index (Phi) is 2.32. The van der Waals surface area contributed by atoms with Crippen LogP contribution in [0.25, 0.3) is 0 Å². The van der Waals surface area contributed by atoms with Gasteiger partial charge in [0.15, 0.2) is 0 Å². The predicted molar refractivity (Wildman–Crippen MR) is 49.6 cm³/mol. The van der Waals surface area contributed by atoms with Crippen molar-refractivity contribution in [2.45, 2.75) is 0 Å². The van der Waals surface area contributed by atoms with Crippen molar-refractivity contribution < 1.29 is 4.92 Å². The molecule has 0 aromatic carbocycles. The molecular weight excluding hydrogens is 172 g/mol. The van der Waals surface area contributed by atoms with Gasteiger partial charge in [0.05, 0.1) is 0 Å². The Morgan fingerprint density at radius 1 is 1.54 bits per heavy atom. The number of nitro groups is 1. The highest BCUT2D eigenvalue weighted by Crippen LogP contribution is 2.21. The van der Waals surface area contributed by atoms with E-state index in [4.69, 9.17) is 5.73 Å². The fraction of sp³-hybridized carbons (Fsp3) is 0.286. The summed E-state index contributed by atoms with van der Waals surface area (Å²) < 4.78 is 0. The van der Waals surface area contributed by atoms with Gasteiger partial charge in [-0.1, -0.05) is 0 Å². The predicted octanol–water partition coefficient (Wildman–Crippen LogP) is 0.638. The SMILES string of the molecule is CN(C)c1ccc(N)c([N+](=O)[O-])n1. The molecule has 13 heavy (non-hydrogen) atoms. The molecule has 1 heterocycles. The summed E-state index contributed by atoms with van der Waals surface area (Å²) in [5, 5.41) is 10.4. The molecule has 70 valence electrons. The largest absolute Gasteiger partial charge is 0.392 e. The van der Waals surface area contributed by atoms with Crippen LogP contribution in [-0.2, 0) is 0 Å². The Morgan fingerprint density at radius 2 is 2.15 bits per heavy atom. The lowest BCUT2D eigenvalue weighted by atomic mass is 10.4. The number of aromatic nitrogens is 1. The van der Waals surface area contributed by atoms with Crippen LogP contribution in [0.4, 0.5) is 17.3 Å². The molecule has 0 aliphatic carbocycles. The van der Waals surface area contributed by atoms with Gasteiger partial charge < -0.3 is 20.7 Å². The molecule has 0 aliphatic heterocycles. The van der Waals surface area contributed by atoms with Crippen LogP contribution in [0.5, 0.6) is 0 Å². The van der Waals surface area contributed by atoms with E-state index >= 15 is 0 Å². The molecule has 1 aromatic heterocycles. The lowest BCUT2D eigenvalue weighted by molar-refractivity contribution is -0.388. The summed E-state index contributed by atoms with van der Waals surface area (Å²) in [5.74, 6) is 0.215. The molecule has 1 aromatic rings. The zero-order valence-electron chi connectivity index (χ0n) is 7.39. The molecule has 0 fully saturated rings. The molecular formula is C7H10N4O2. The Bertz CT molecular complexity index is 337. The monoisotopic (exact) mass is 182 g/mol. The quantitative estimate of drug-likeness (QED) is 0.535. The van der Waals surface area contributed by atoms with Gasteiger partial charge in [-0.2, -0.15) is 0 Å². The van der Waals surface area contributed by atoms with Crippen LogP contribution in [0, 0.1) is 10.1 Å². The molecule has 0 radical (unpaired) electrons. The summed E-state index contributed by atoms with van der Waals surface area (Å²) in [6.07, 6.45) is 0. The summed E-state index contributed by atoms with van der Waals surface area (Å²) in [6.45, 7) is 0. The van der Waals surface area contributed by atoms with Crippen LogP contribution in [-0.4, -0.2) is 24.0 Å². The smallest absolute Gasteiger partial charge is 0.388 e. The number of nitrogens with zero attached hydrogens (tertiary/aromatic N) is 3. The molecule has 0 spiro atoms. The van der Waals surface area contributed by atoms with Crippen molar-refractivity contribution in [2.24, 2.45) is 0 Å². The molecule has 0 unspecified atom stereocenters. The van der Waals surface area contributed by atoms with Gasteiger partial charge in [0, 0.05) is 20.2 Å². The zero-order valence-corrected chi connectivity index (χ0v) is 7.39. The van der Waals surface area contributed by atoms with Gasteiger partial charge in [-0.3, -0.25) is 0 Å². The van der Waals surface area contributed by atoms with Crippen molar-refractivity contribution in [1.29, 1.82) is 0 Å². The fourth-order valence-corrected chi connectivity index (χ4v) is 0.844. The molecule has 0 saturated carbocycles. The van der Waals surface area contributed by atoms with Crippen molar-refractivity contribution in [3.63, 3.8) is 0 Å².